The van der Waals surface area contributed by atoms with E-state index >= 15 is 0 Å². The predicted octanol–water partition coefficient (Wildman–Crippen LogP) is 5.42. The van der Waals surface area contributed by atoms with Crippen molar-refractivity contribution in [3.05, 3.63) is 91.2 Å². The first-order valence-corrected chi connectivity index (χ1v) is 12.7. The topological polar surface area (TPSA) is 85.6 Å². The molecule has 2 unspecified atom stereocenters. The minimum atomic E-state index is -0.844. The minimum Gasteiger partial charge on any atom is -0.464 e. The van der Waals surface area contributed by atoms with Gasteiger partial charge in [0.2, 0.25) is 0 Å². The molecule has 7 heteroatoms. The number of hydrogen-bond donors (Lipinski definition) is 1. The van der Waals surface area contributed by atoms with Crippen LogP contribution in [0, 0.1) is 5.92 Å². The third-order valence-corrected chi connectivity index (χ3v) is 7.59. The summed E-state index contributed by atoms with van der Waals surface area (Å²) in [5.41, 5.74) is 2.58. The Bertz CT molecular complexity index is 1430. The van der Waals surface area contributed by atoms with Crippen molar-refractivity contribution in [2.75, 3.05) is 6.61 Å². The fourth-order valence-electron chi connectivity index (χ4n) is 4.96. The van der Waals surface area contributed by atoms with Crippen LogP contribution < -0.4 is 10.7 Å². The first kappa shape index (κ1) is 23.3. The number of hydrogen-bond acceptors (Lipinski definition) is 7. The minimum absolute atomic E-state index is 0.0599. The van der Waals surface area contributed by atoms with E-state index in [0.717, 1.165) is 10.6 Å². The number of benzene rings is 1. The summed E-state index contributed by atoms with van der Waals surface area (Å²) in [6, 6.07) is 11.0. The van der Waals surface area contributed by atoms with E-state index < -0.39 is 11.9 Å². The van der Waals surface area contributed by atoms with Crippen molar-refractivity contribution in [2.24, 2.45) is 5.92 Å². The molecule has 1 aliphatic heterocycles. The second-order valence-electron chi connectivity index (χ2n) is 9.54. The molecule has 0 radical (unpaired) electrons. The van der Waals surface area contributed by atoms with Gasteiger partial charge in [-0.05, 0) is 42.8 Å². The molecule has 1 aliphatic carbocycles. The maximum atomic E-state index is 13.6. The Morgan fingerprint density at radius 3 is 2.71 bits per heavy atom. The van der Waals surface area contributed by atoms with Gasteiger partial charge in [0.1, 0.15) is 5.58 Å². The molecular weight excluding hydrogens is 462 g/mol. The first-order chi connectivity index (χ1) is 16.8. The standard InChI is InChI=1S/C28H27NO5S/c1-15(2)13-34-28(32)24-16(3)29-20-11-17(23-9-6-10-35-23)12-21(30)26(20)25(24)19-14-33-22-8-5-4-7-18(22)27(19)31/h4-10,14-15,17,25,29H,11-13H2,1-3H3. The highest BCUT2D eigenvalue weighted by Crippen LogP contribution is 2.45. The van der Waals surface area contributed by atoms with Gasteiger partial charge in [-0.3, -0.25) is 9.59 Å². The normalized spacial score (nSPS) is 20.3. The Hall–Kier alpha value is -3.45. The SMILES string of the molecule is CC1=C(C(=O)OCC(C)C)C(c2coc3ccccc3c2=O)C2=C(CC(c3cccs3)CC2=O)N1. The van der Waals surface area contributed by atoms with E-state index in [4.69, 9.17) is 9.15 Å². The number of fused-ring (bicyclic) bond motifs is 1. The molecule has 1 N–H and O–H groups in total. The highest BCUT2D eigenvalue weighted by molar-refractivity contribution is 7.10. The molecule has 0 spiro atoms. The zero-order valence-corrected chi connectivity index (χ0v) is 20.7. The van der Waals surface area contributed by atoms with Crippen LogP contribution in [-0.2, 0) is 14.3 Å². The monoisotopic (exact) mass is 489 g/mol. The van der Waals surface area contributed by atoms with Crippen LogP contribution in [0.3, 0.4) is 0 Å². The molecule has 2 aromatic heterocycles. The average Bonchev–Trinajstić information content (AvgIpc) is 3.37. The number of nitrogens with one attached hydrogen (secondary N) is 1. The lowest BCUT2D eigenvalue weighted by atomic mass is 9.73. The number of Topliss-reactive ketones (excluding diaryl/α,β-unsaturated/α-hetero) is 1. The average molecular weight is 490 g/mol. The number of ether oxygens (including phenoxy) is 1. The van der Waals surface area contributed by atoms with E-state index in [9.17, 15) is 14.4 Å². The second-order valence-corrected chi connectivity index (χ2v) is 10.5. The molecule has 180 valence electrons. The van der Waals surface area contributed by atoms with Crippen molar-refractivity contribution < 1.29 is 18.7 Å². The number of carbonyl (C=O) groups is 2. The van der Waals surface area contributed by atoms with Crippen LogP contribution in [-0.4, -0.2) is 18.4 Å². The van der Waals surface area contributed by atoms with Crippen molar-refractivity contribution in [3.8, 4) is 0 Å². The lowest BCUT2D eigenvalue weighted by Gasteiger charge is -2.36. The summed E-state index contributed by atoms with van der Waals surface area (Å²) in [6.45, 7) is 5.96. The van der Waals surface area contributed by atoms with Gasteiger partial charge in [0, 0.05) is 39.7 Å². The molecule has 0 saturated carbocycles. The van der Waals surface area contributed by atoms with Crippen LogP contribution in [0.2, 0.25) is 0 Å². The number of rotatable bonds is 5. The number of para-hydroxylation sites is 1. The number of allylic oxidation sites excluding steroid dienone is 3. The predicted molar refractivity (Wildman–Crippen MR) is 135 cm³/mol. The van der Waals surface area contributed by atoms with Crippen molar-refractivity contribution in [1.82, 2.24) is 5.32 Å². The number of ketones is 1. The van der Waals surface area contributed by atoms with Gasteiger partial charge < -0.3 is 14.5 Å². The summed E-state index contributed by atoms with van der Waals surface area (Å²) < 4.78 is 11.4. The molecule has 3 heterocycles. The Morgan fingerprint density at radius 2 is 1.97 bits per heavy atom. The summed E-state index contributed by atoms with van der Waals surface area (Å²) in [5, 5.41) is 5.75. The van der Waals surface area contributed by atoms with Gasteiger partial charge in [-0.2, -0.15) is 0 Å². The maximum Gasteiger partial charge on any atom is 0.336 e. The molecule has 0 bridgehead atoms. The van der Waals surface area contributed by atoms with Crippen LogP contribution in [0.4, 0.5) is 0 Å². The van der Waals surface area contributed by atoms with Gasteiger partial charge in [-0.15, -0.1) is 11.3 Å². The zero-order chi connectivity index (χ0) is 24.7. The highest BCUT2D eigenvalue weighted by Gasteiger charge is 2.43. The third-order valence-electron chi connectivity index (χ3n) is 6.56. The molecule has 0 saturated heterocycles. The van der Waals surface area contributed by atoms with Crippen LogP contribution in [0.25, 0.3) is 11.0 Å². The summed E-state index contributed by atoms with van der Waals surface area (Å²) >= 11 is 1.63. The van der Waals surface area contributed by atoms with E-state index in [1.165, 1.54) is 6.26 Å². The van der Waals surface area contributed by atoms with Gasteiger partial charge in [0.05, 0.1) is 29.7 Å². The molecule has 2 aliphatic rings. The van der Waals surface area contributed by atoms with Gasteiger partial charge in [-0.1, -0.05) is 32.0 Å². The van der Waals surface area contributed by atoms with E-state index in [1.54, 1.807) is 42.5 Å². The highest BCUT2D eigenvalue weighted by atomic mass is 32.1. The maximum absolute atomic E-state index is 13.6. The smallest absolute Gasteiger partial charge is 0.336 e. The largest absolute Gasteiger partial charge is 0.464 e. The number of carbonyl (C=O) groups excluding carboxylic acids is 2. The van der Waals surface area contributed by atoms with E-state index in [0.29, 0.717) is 35.1 Å². The van der Waals surface area contributed by atoms with Crippen LogP contribution in [0.5, 0.6) is 0 Å². The van der Waals surface area contributed by atoms with E-state index in [-0.39, 0.29) is 40.8 Å². The summed E-state index contributed by atoms with van der Waals surface area (Å²) in [7, 11) is 0. The van der Waals surface area contributed by atoms with Crippen LogP contribution >= 0.6 is 11.3 Å². The Balaban J connectivity index is 1.66. The van der Waals surface area contributed by atoms with Gasteiger partial charge in [-0.25, -0.2) is 4.79 Å². The van der Waals surface area contributed by atoms with Crippen molar-refractivity contribution in [1.29, 1.82) is 0 Å². The summed E-state index contributed by atoms with van der Waals surface area (Å²) in [5.74, 6) is -1.23. The van der Waals surface area contributed by atoms with Crippen molar-refractivity contribution in [3.63, 3.8) is 0 Å². The summed E-state index contributed by atoms with van der Waals surface area (Å²) in [4.78, 5) is 41.7. The quantitative estimate of drug-likeness (QED) is 0.482. The molecule has 6 nitrogen and oxygen atoms in total. The Morgan fingerprint density at radius 1 is 1.17 bits per heavy atom. The zero-order valence-electron chi connectivity index (χ0n) is 19.9. The molecule has 1 aromatic carbocycles. The number of dihydropyridines is 1. The van der Waals surface area contributed by atoms with Crippen molar-refractivity contribution in [2.45, 2.75) is 45.4 Å². The van der Waals surface area contributed by atoms with Crippen LogP contribution in [0.15, 0.2) is 79.8 Å². The van der Waals surface area contributed by atoms with Gasteiger partial charge in [0.25, 0.3) is 0 Å². The van der Waals surface area contributed by atoms with E-state index in [2.05, 4.69) is 5.32 Å². The number of esters is 1. The Kier molecular flexibility index (Phi) is 6.19. The molecular formula is C28H27NO5S. The van der Waals surface area contributed by atoms with E-state index in [1.807, 2.05) is 31.4 Å². The molecule has 35 heavy (non-hydrogen) atoms. The Labute approximate surface area is 207 Å². The van der Waals surface area contributed by atoms with Gasteiger partial charge in [0.15, 0.2) is 11.2 Å². The lowest BCUT2D eigenvalue weighted by Crippen LogP contribution is -2.37. The second kappa shape index (κ2) is 9.30. The molecule has 2 atom stereocenters. The number of thiophene rings is 1. The fourth-order valence-corrected chi connectivity index (χ4v) is 5.79. The van der Waals surface area contributed by atoms with Gasteiger partial charge >= 0.3 is 5.97 Å². The van der Waals surface area contributed by atoms with Crippen molar-refractivity contribution >= 4 is 34.1 Å². The molecule has 0 fully saturated rings. The van der Waals surface area contributed by atoms with Crippen LogP contribution in [0.1, 0.15) is 55.9 Å². The molecule has 0 amide bonds. The first-order valence-electron chi connectivity index (χ1n) is 11.8. The molecule has 5 rings (SSSR count). The third kappa shape index (κ3) is 4.25. The molecule has 3 aromatic rings. The summed E-state index contributed by atoms with van der Waals surface area (Å²) in [6.07, 6.45) is 2.35. The fraction of sp³-hybridized carbons (Fsp3) is 0.321. The lowest BCUT2D eigenvalue weighted by molar-refractivity contribution is -0.140.